The number of rotatable bonds is 4. The molecule has 0 unspecified atom stereocenters. The number of hydrogen-bond acceptors (Lipinski definition) is 3. The molecule has 1 amide bonds. The van der Waals surface area contributed by atoms with E-state index in [1.807, 2.05) is 43.3 Å². The third-order valence-electron chi connectivity index (χ3n) is 2.96. The van der Waals surface area contributed by atoms with E-state index in [0.29, 0.717) is 12.1 Å². The van der Waals surface area contributed by atoms with Crippen LogP contribution in [0.5, 0.6) is 0 Å². The molecule has 1 heterocycles. The van der Waals surface area contributed by atoms with Crippen LogP contribution in [0.1, 0.15) is 15.9 Å². The molecule has 6 heteroatoms. The van der Waals surface area contributed by atoms with Crippen LogP contribution in [0.3, 0.4) is 0 Å². The van der Waals surface area contributed by atoms with Crippen molar-refractivity contribution in [3.05, 3.63) is 57.8 Å². The Morgan fingerprint density at radius 3 is 2.48 bits per heavy atom. The summed E-state index contributed by atoms with van der Waals surface area (Å²) in [5.74, 6) is -0.238. The predicted octanol–water partition coefficient (Wildman–Crippen LogP) is 3.38. The number of pyridine rings is 1. The van der Waals surface area contributed by atoms with Gasteiger partial charge in [0.1, 0.15) is 5.15 Å². The summed E-state index contributed by atoms with van der Waals surface area (Å²) in [6, 6.07) is 9.46. The first-order valence-electron chi connectivity index (χ1n) is 6.33. The van der Waals surface area contributed by atoms with E-state index in [0.717, 1.165) is 11.3 Å². The zero-order chi connectivity index (χ0) is 15.4. The lowest BCUT2D eigenvalue weighted by molar-refractivity contribution is 0.0950. The molecule has 1 aromatic heterocycles. The molecule has 0 aliphatic carbocycles. The fourth-order valence-electron chi connectivity index (χ4n) is 1.74. The first-order chi connectivity index (χ1) is 9.97. The smallest absolute Gasteiger partial charge is 0.253 e. The standard InChI is InChI=1S/C15H15Cl2N3O/c1-20(2)12-5-3-10(4-6-12)8-19-15(21)11-7-13(16)14(17)18-9-11/h3-7,9H,8H2,1-2H3,(H,19,21). The minimum Gasteiger partial charge on any atom is -0.378 e. The molecule has 4 nitrogen and oxygen atoms in total. The predicted molar refractivity (Wildman–Crippen MR) is 86.2 cm³/mol. The maximum absolute atomic E-state index is 12.0. The number of benzene rings is 1. The average Bonchev–Trinajstić information content (AvgIpc) is 2.48. The first kappa shape index (κ1) is 15.6. The summed E-state index contributed by atoms with van der Waals surface area (Å²) >= 11 is 11.6. The Hall–Kier alpha value is -1.78. The van der Waals surface area contributed by atoms with Crippen molar-refractivity contribution in [3.63, 3.8) is 0 Å². The highest BCUT2D eigenvalue weighted by molar-refractivity contribution is 6.41. The largest absolute Gasteiger partial charge is 0.378 e. The third-order valence-corrected chi connectivity index (χ3v) is 3.65. The fourth-order valence-corrected chi connectivity index (χ4v) is 2.01. The highest BCUT2D eigenvalue weighted by Gasteiger charge is 2.08. The number of nitrogens with one attached hydrogen (secondary N) is 1. The maximum Gasteiger partial charge on any atom is 0.253 e. The van der Waals surface area contributed by atoms with Crippen molar-refractivity contribution in [3.8, 4) is 0 Å². The van der Waals surface area contributed by atoms with Crippen LogP contribution in [0.15, 0.2) is 36.5 Å². The lowest BCUT2D eigenvalue weighted by Crippen LogP contribution is -2.23. The Labute approximate surface area is 133 Å². The summed E-state index contributed by atoms with van der Waals surface area (Å²) in [7, 11) is 3.96. The molecule has 1 aromatic carbocycles. The SMILES string of the molecule is CN(C)c1ccc(CNC(=O)c2cnc(Cl)c(Cl)c2)cc1. The molecule has 110 valence electrons. The number of nitrogens with zero attached hydrogens (tertiary/aromatic N) is 2. The zero-order valence-electron chi connectivity index (χ0n) is 11.7. The Morgan fingerprint density at radius 1 is 1.24 bits per heavy atom. The molecular formula is C15H15Cl2N3O. The van der Waals surface area contributed by atoms with Gasteiger partial charge in [0.2, 0.25) is 0 Å². The molecular weight excluding hydrogens is 309 g/mol. The van der Waals surface area contributed by atoms with Gasteiger partial charge in [-0.2, -0.15) is 0 Å². The summed E-state index contributed by atoms with van der Waals surface area (Å²) in [5.41, 5.74) is 2.51. The molecule has 0 saturated heterocycles. The second-order valence-electron chi connectivity index (χ2n) is 4.74. The van der Waals surface area contributed by atoms with Crippen molar-refractivity contribution in [2.45, 2.75) is 6.54 Å². The number of halogens is 2. The van der Waals surface area contributed by atoms with Crippen LogP contribution in [0, 0.1) is 0 Å². The number of aromatic nitrogens is 1. The van der Waals surface area contributed by atoms with Gasteiger partial charge in [-0.25, -0.2) is 4.98 Å². The summed E-state index contributed by atoms with van der Waals surface area (Å²) in [6.07, 6.45) is 1.40. The minimum atomic E-state index is -0.238. The van der Waals surface area contributed by atoms with Crippen molar-refractivity contribution in [2.24, 2.45) is 0 Å². The van der Waals surface area contributed by atoms with Gasteiger partial charge in [-0.15, -0.1) is 0 Å². The molecule has 0 radical (unpaired) electrons. The Morgan fingerprint density at radius 2 is 1.90 bits per heavy atom. The molecule has 0 fully saturated rings. The van der Waals surface area contributed by atoms with Gasteiger partial charge in [-0.05, 0) is 23.8 Å². The first-order valence-corrected chi connectivity index (χ1v) is 7.08. The maximum atomic E-state index is 12.0. The number of carbonyl (C=O) groups is 1. The molecule has 21 heavy (non-hydrogen) atoms. The number of amides is 1. The quantitative estimate of drug-likeness (QED) is 0.877. The van der Waals surface area contributed by atoms with Crippen LogP contribution >= 0.6 is 23.2 Å². The van der Waals surface area contributed by atoms with E-state index in [-0.39, 0.29) is 16.1 Å². The van der Waals surface area contributed by atoms with Gasteiger partial charge in [-0.1, -0.05) is 35.3 Å². The van der Waals surface area contributed by atoms with E-state index in [1.54, 1.807) is 0 Å². The third kappa shape index (κ3) is 4.09. The van der Waals surface area contributed by atoms with Gasteiger partial charge in [0.15, 0.2) is 0 Å². The van der Waals surface area contributed by atoms with Crippen molar-refractivity contribution < 1.29 is 4.79 Å². The highest BCUT2D eigenvalue weighted by Crippen LogP contribution is 2.19. The number of hydrogen-bond donors (Lipinski definition) is 1. The van der Waals surface area contributed by atoms with Gasteiger partial charge in [-0.3, -0.25) is 4.79 Å². The van der Waals surface area contributed by atoms with Crippen LogP contribution in [0.25, 0.3) is 0 Å². The summed E-state index contributed by atoms with van der Waals surface area (Å²) in [6.45, 7) is 0.437. The van der Waals surface area contributed by atoms with Gasteiger partial charge in [0.25, 0.3) is 5.91 Å². The van der Waals surface area contributed by atoms with E-state index >= 15 is 0 Å². The van der Waals surface area contributed by atoms with E-state index in [4.69, 9.17) is 23.2 Å². The molecule has 0 saturated carbocycles. The molecule has 2 aromatic rings. The van der Waals surface area contributed by atoms with Crippen molar-refractivity contribution in [1.29, 1.82) is 0 Å². The summed E-state index contributed by atoms with van der Waals surface area (Å²) < 4.78 is 0. The monoisotopic (exact) mass is 323 g/mol. The van der Waals surface area contributed by atoms with Crippen molar-refractivity contribution in [2.75, 3.05) is 19.0 Å². The lowest BCUT2D eigenvalue weighted by Gasteiger charge is -2.13. The minimum absolute atomic E-state index is 0.187. The van der Waals surface area contributed by atoms with Crippen LogP contribution in [0.2, 0.25) is 10.2 Å². The van der Waals surface area contributed by atoms with Crippen LogP contribution in [0.4, 0.5) is 5.69 Å². The molecule has 0 spiro atoms. The molecule has 0 bridgehead atoms. The van der Waals surface area contributed by atoms with Crippen LogP contribution < -0.4 is 10.2 Å². The zero-order valence-corrected chi connectivity index (χ0v) is 13.2. The Bertz CT molecular complexity index is 642. The van der Waals surface area contributed by atoms with E-state index < -0.39 is 0 Å². The average molecular weight is 324 g/mol. The van der Waals surface area contributed by atoms with Crippen molar-refractivity contribution >= 4 is 34.8 Å². The van der Waals surface area contributed by atoms with Gasteiger partial charge in [0.05, 0.1) is 10.6 Å². The Balaban J connectivity index is 1.98. The number of carbonyl (C=O) groups excluding carboxylic acids is 1. The highest BCUT2D eigenvalue weighted by atomic mass is 35.5. The molecule has 0 atom stereocenters. The van der Waals surface area contributed by atoms with E-state index in [9.17, 15) is 4.79 Å². The normalized spacial score (nSPS) is 10.3. The fraction of sp³-hybridized carbons (Fsp3) is 0.200. The topological polar surface area (TPSA) is 45.2 Å². The lowest BCUT2D eigenvalue weighted by atomic mass is 10.2. The summed E-state index contributed by atoms with van der Waals surface area (Å²) in [5, 5.41) is 3.27. The van der Waals surface area contributed by atoms with E-state index in [1.165, 1.54) is 12.3 Å². The summed E-state index contributed by atoms with van der Waals surface area (Å²) in [4.78, 5) is 17.9. The number of anilines is 1. The molecule has 0 aliphatic rings. The van der Waals surface area contributed by atoms with Crippen LogP contribution in [-0.4, -0.2) is 25.0 Å². The van der Waals surface area contributed by atoms with Crippen LogP contribution in [-0.2, 0) is 6.54 Å². The van der Waals surface area contributed by atoms with Gasteiger partial charge < -0.3 is 10.2 Å². The Kier molecular flexibility index (Phi) is 5.04. The second kappa shape index (κ2) is 6.78. The van der Waals surface area contributed by atoms with Gasteiger partial charge >= 0.3 is 0 Å². The van der Waals surface area contributed by atoms with Gasteiger partial charge in [0, 0.05) is 32.5 Å². The molecule has 0 aliphatic heterocycles. The van der Waals surface area contributed by atoms with E-state index in [2.05, 4.69) is 10.3 Å². The van der Waals surface area contributed by atoms with Crippen molar-refractivity contribution in [1.82, 2.24) is 10.3 Å². The molecule has 1 N–H and O–H groups in total. The molecule has 2 rings (SSSR count). The second-order valence-corrected chi connectivity index (χ2v) is 5.51.